The van der Waals surface area contributed by atoms with E-state index in [1.165, 1.54) is 13.2 Å². The maximum absolute atomic E-state index is 10.9. The van der Waals surface area contributed by atoms with E-state index in [1.54, 1.807) is 36.4 Å². The zero-order chi connectivity index (χ0) is 17.5. The van der Waals surface area contributed by atoms with E-state index in [-0.39, 0.29) is 5.57 Å². The molecule has 0 saturated carbocycles. The fraction of sp³-hybridized carbons (Fsp3) is 0.111. The molecular weight excluding hydrogens is 330 g/mol. The molecule has 0 amide bonds. The molecule has 6 heteroatoms. The second-order valence-corrected chi connectivity index (χ2v) is 5.24. The first kappa shape index (κ1) is 17.4. The van der Waals surface area contributed by atoms with Crippen molar-refractivity contribution in [2.75, 3.05) is 7.11 Å². The van der Waals surface area contributed by atoms with Crippen LogP contribution < -0.4 is 9.47 Å². The lowest BCUT2D eigenvalue weighted by Gasteiger charge is -2.11. The molecule has 0 saturated heterocycles. The molecule has 0 aliphatic heterocycles. The minimum absolute atomic E-state index is 0.335. The van der Waals surface area contributed by atoms with Gasteiger partial charge in [0.1, 0.15) is 18.2 Å². The molecular formula is C18H14ClNO4. The number of ether oxygens (including phenoxy) is 2. The Hall–Kier alpha value is -2.97. The molecule has 0 spiro atoms. The van der Waals surface area contributed by atoms with E-state index in [0.29, 0.717) is 28.7 Å². The van der Waals surface area contributed by atoms with Gasteiger partial charge in [-0.2, -0.15) is 5.26 Å². The number of aliphatic carboxylic acids is 1. The molecule has 1 N–H and O–H groups in total. The van der Waals surface area contributed by atoms with E-state index >= 15 is 0 Å². The van der Waals surface area contributed by atoms with Gasteiger partial charge < -0.3 is 14.6 Å². The van der Waals surface area contributed by atoms with Crippen molar-refractivity contribution in [3.05, 3.63) is 64.2 Å². The Morgan fingerprint density at radius 3 is 2.54 bits per heavy atom. The van der Waals surface area contributed by atoms with Crippen LogP contribution >= 0.6 is 11.6 Å². The Balaban J connectivity index is 2.18. The lowest BCUT2D eigenvalue weighted by molar-refractivity contribution is -0.132. The molecule has 0 bridgehead atoms. The largest absolute Gasteiger partial charge is 0.493 e. The van der Waals surface area contributed by atoms with Gasteiger partial charge in [-0.3, -0.25) is 0 Å². The number of rotatable bonds is 6. The summed E-state index contributed by atoms with van der Waals surface area (Å²) in [4.78, 5) is 10.9. The highest BCUT2D eigenvalue weighted by molar-refractivity contribution is 6.30. The Labute approximate surface area is 144 Å². The number of hydrogen-bond donors (Lipinski definition) is 1. The number of nitriles is 1. The van der Waals surface area contributed by atoms with Crippen LogP contribution in [-0.2, 0) is 11.4 Å². The van der Waals surface area contributed by atoms with Gasteiger partial charge in [-0.25, -0.2) is 4.79 Å². The number of carbonyl (C=O) groups is 1. The number of halogens is 1. The predicted molar refractivity (Wildman–Crippen MR) is 90.0 cm³/mol. The second kappa shape index (κ2) is 8.04. The van der Waals surface area contributed by atoms with Gasteiger partial charge >= 0.3 is 5.97 Å². The van der Waals surface area contributed by atoms with Gasteiger partial charge in [-0.1, -0.05) is 29.8 Å². The molecule has 2 aromatic carbocycles. The number of carboxylic acid groups (broad SMARTS) is 1. The normalized spacial score (nSPS) is 10.8. The highest BCUT2D eigenvalue weighted by Crippen LogP contribution is 2.29. The predicted octanol–water partition coefficient (Wildman–Crippen LogP) is 3.92. The smallest absolute Gasteiger partial charge is 0.346 e. The molecule has 2 aromatic rings. The number of nitrogens with zero attached hydrogens (tertiary/aromatic N) is 1. The Morgan fingerprint density at radius 2 is 1.96 bits per heavy atom. The number of carboxylic acids is 1. The standard InChI is InChI=1S/C18H14ClNO4/c1-23-17-9-13(8-14(10-20)18(21)22)4-7-16(17)24-11-12-2-5-15(19)6-3-12/h2-9H,11H2,1H3,(H,21,22)/b14-8+. The zero-order valence-electron chi connectivity index (χ0n) is 12.8. The molecule has 0 unspecified atom stereocenters. The van der Waals surface area contributed by atoms with Crippen LogP contribution in [0.15, 0.2) is 48.0 Å². The second-order valence-electron chi connectivity index (χ2n) is 4.80. The lowest BCUT2D eigenvalue weighted by Crippen LogP contribution is -1.99. The van der Waals surface area contributed by atoms with E-state index in [1.807, 2.05) is 12.1 Å². The van der Waals surface area contributed by atoms with Crippen LogP contribution in [0, 0.1) is 11.3 Å². The minimum Gasteiger partial charge on any atom is -0.493 e. The van der Waals surface area contributed by atoms with Crippen molar-refractivity contribution >= 4 is 23.6 Å². The van der Waals surface area contributed by atoms with E-state index < -0.39 is 5.97 Å². The Bertz CT molecular complexity index is 807. The van der Waals surface area contributed by atoms with Crippen molar-refractivity contribution in [2.45, 2.75) is 6.61 Å². The zero-order valence-corrected chi connectivity index (χ0v) is 13.6. The number of hydrogen-bond acceptors (Lipinski definition) is 4. The first-order valence-corrected chi connectivity index (χ1v) is 7.31. The summed E-state index contributed by atoms with van der Waals surface area (Å²) in [6.07, 6.45) is 1.27. The molecule has 2 rings (SSSR count). The SMILES string of the molecule is COc1cc(/C=C(\C#N)C(=O)O)ccc1OCc1ccc(Cl)cc1. The first-order chi connectivity index (χ1) is 11.5. The van der Waals surface area contributed by atoms with Gasteiger partial charge in [-0.05, 0) is 41.5 Å². The Kier molecular flexibility index (Phi) is 5.83. The molecule has 0 fully saturated rings. The fourth-order valence-electron chi connectivity index (χ4n) is 1.94. The molecule has 0 atom stereocenters. The van der Waals surface area contributed by atoms with Crippen LogP contribution in [-0.4, -0.2) is 18.2 Å². The summed E-state index contributed by atoms with van der Waals surface area (Å²) < 4.78 is 11.0. The van der Waals surface area contributed by atoms with Crippen LogP contribution in [0.5, 0.6) is 11.5 Å². The van der Waals surface area contributed by atoms with Crippen LogP contribution in [0.1, 0.15) is 11.1 Å². The summed E-state index contributed by atoms with van der Waals surface area (Å²) in [5, 5.41) is 18.3. The summed E-state index contributed by atoms with van der Waals surface area (Å²) in [6, 6.07) is 13.8. The van der Waals surface area contributed by atoms with Crippen molar-refractivity contribution < 1.29 is 19.4 Å². The Morgan fingerprint density at radius 1 is 1.25 bits per heavy atom. The van der Waals surface area contributed by atoms with Gasteiger partial charge in [0.05, 0.1) is 7.11 Å². The number of methoxy groups -OCH3 is 1. The number of benzene rings is 2. The third kappa shape index (κ3) is 4.51. The van der Waals surface area contributed by atoms with Crippen molar-refractivity contribution in [2.24, 2.45) is 0 Å². The molecule has 122 valence electrons. The van der Waals surface area contributed by atoms with Crippen molar-refractivity contribution in [1.82, 2.24) is 0 Å². The molecule has 0 radical (unpaired) electrons. The summed E-state index contributed by atoms with van der Waals surface area (Å²) >= 11 is 5.84. The highest BCUT2D eigenvalue weighted by atomic mass is 35.5. The molecule has 0 aromatic heterocycles. The maximum atomic E-state index is 10.9. The van der Waals surface area contributed by atoms with Gasteiger partial charge in [0.2, 0.25) is 0 Å². The summed E-state index contributed by atoms with van der Waals surface area (Å²) in [6.45, 7) is 0.335. The fourth-order valence-corrected chi connectivity index (χ4v) is 2.07. The average molecular weight is 344 g/mol. The van der Waals surface area contributed by atoms with Gasteiger partial charge in [-0.15, -0.1) is 0 Å². The molecule has 0 heterocycles. The molecule has 0 aliphatic carbocycles. The summed E-state index contributed by atoms with van der Waals surface area (Å²) in [7, 11) is 1.49. The topological polar surface area (TPSA) is 79.5 Å². The van der Waals surface area contributed by atoms with Crippen molar-refractivity contribution in [3.63, 3.8) is 0 Å². The third-order valence-electron chi connectivity index (χ3n) is 3.16. The summed E-state index contributed by atoms with van der Waals surface area (Å²) in [5.74, 6) is -0.321. The van der Waals surface area contributed by atoms with Gasteiger partial charge in [0, 0.05) is 5.02 Å². The van der Waals surface area contributed by atoms with Crippen LogP contribution in [0.3, 0.4) is 0 Å². The van der Waals surface area contributed by atoms with Crippen LogP contribution in [0.2, 0.25) is 5.02 Å². The quantitative estimate of drug-likeness (QED) is 0.635. The van der Waals surface area contributed by atoms with Crippen LogP contribution in [0.25, 0.3) is 6.08 Å². The first-order valence-electron chi connectivity index (χ1n) is 6.94. The lowest BCUT2D eigenvalue weighted by atomic mass is 10.1. The average Bonchev–Trinajstić information content (AvgIpc) is 2.59. The van der Waals surface area contributed by atoms with Crippen molar-refractivity contribution in [3.8, 4) is 17.6 Å². The maximum Gasteiger partial charge on any atom is 0.346 e. The molecule has 5 nitrogen and oxygen atoms in total. The van der Waals surface area contributed by atoms with Gasteiger partial charge in [0.15, 0.2) is 11.5 Å². The van der Waals surface area contributed by atoms with Crippen molar-refractivity contribution in [1.29, 1.82) is 5.26 Å². The van der Waals surface area contributed by atoms with E-state index in [9.17, 15) is 4.79 Å². The van der Waals surface area contributed by atoms with E-state index in [2.05, 4.69) is 0 Å². The molecule has 0 aliphatic rings. The molecule has 24 heavy (non-hydrogen) atoms. The monoisotopic (exact) mass is 343 g/mol. The minimum atomic E-state index is -1.28. The van der Waals surface area contributed by atoms with E-state index in [0.717, 1.165) is 5.56 Å². The van der Waals surface area contributed by atoms with Crippen LogP contribution in [0.4, 0.5) is 0 Å². The third-order valence-corrected chi connectivity index (χ3v) is 3.41. The van der Waals surface area contributed by atoms with E-state index in [4.69, 9.17) is 31.4 Å². The highest BCUT2D eigenvalue weighted by Gasteiger charge is 2.09. The van der Waals surface area contributed by atoms with Gasteiger partial charge in [0.25, 0.3) is 0 Å². The summed E-state index contributed by atoms with van der Waals surface area (Å²) in [5.41, 5.74) is 1.12.